The van der Waals surface area contributed by atoms with Crippen LogP contribution in [-0.2, 0) is 0 Å². The first-order valence-corrected chi connectivity index (χ1v) is 5.65. The summed E-state index contributed by atoms with van der Waals surface area (Å²) in [5.41, 5.74) is 6.23. The molecule has 0 aliphatic heterocycles. The largest absolute Gasteiger partial charge is 0.329 e. The molecule has 16 heavy (non-hydrogen) atoms. The second-order valence-corrected chi connectivity index (χ2v) is 4.35. The third kappa shape index (κ3) is 2.40. The molecule has 4 nitrogen and oxygen atoms in total. The number of aromatic amines is 1. The number of hydrogen-bond donors (Lipinski definition) is 2. The highest BCUT2D eigenvalue weighted by Crippen LogP contribution is 2.33. The lowest BCUT2D eigenvalue weighted by Crippen LogP contribution is -2.11. The first kappa shape index (κ1) is 11.1. The van der Waals surface area contributed by atoms with Gasteiger partial charge >= 0.3 is 0 Å². The van der Waals surface area contributed by atoms with E-state index in [4.69, 9.17) is 5.73 Å². The topological polar surface area (TPSA) is 67.6 Å². The summed E-state index contributed by atoms with van der Waals surface area (Å²) in [5, 5.41) is 6.93. The van der Waals surface area contributed by atoms with Crippen LogP contribution in [-0.4, -0.2) is 21.7 Å². The van der Waals surface area contributed by atoms with Crippen LogP contribution in [0.1, 0.15) is 10.8 Å². The van der Waals surface area contributed by atoms with E-state index < -0.39 is 0 Å². The van der Waals surface area contributed by atoms with E-state index in [1.54, 1.807) is 18.2 Å². The van der Waals surface area contributed by atoms with E-state index in [9.17, 15) is 4.39 Å². The monoisotopic (exact) mass is 238 g/mol. The molecule has 0 saturated heterocycles. The van der Waals surface area contributed by atoms with E-state index in [-0.39, 0.29) is 11.1 Å². The Morgan fingerprint density at radius 1 is 1.44 bits per heavy atom. The molecule has 84 valence electrons. The first-order chi connectivity index (χ1) is 7.81. The molecule has 2 aromatic rings. The van der Waals surface area contributed by atoms with Crippen LogP contribution >= 0.6 is 11.8 Å². The fourth-order valence-corrected chi connectivity index (χ4v) is 2.26. The molecule has 1 aromatic carbocycles. The van der Waals surface area contributed by atoms with Crippen LogP contribution in [0, 0.1) is 5.82 Å². The fraction of sp³-hybridized carbons (Fsp3) is 0.200. The molecule has 0 saturated carbocycles. The summed E-state index contributed by atoms with van der Waals surface area (Å²) >= 11 is 1.37. The first-order valence-electron chi connectivity index (χ1n) is 4.77. The number of nitrogens with one attached hydrogen (secondary N) is 1. The van der Waals surface area contributed by atoms with E-state index in [1.165, 1.54) is 24.2 Å². The zero-order valence-corrected chi connectivity index (χ0v) is 9.25. The van der Waals surface area contributed by atoms with Crippen LogP contribution in [0.2, 0.25) is 0 Å². The van der Waals surface area contributed by atoms with Crippen molar-refractivity contribution < 1.29 is 4.39 Å². The van der Waals surface area contributed by atoms with Crippen molar-refractivity contribution in [3.63, 3.8) is 0 Å². The van der Waals surface area contributed by atoms with Gasteiger partial charge < -0.3 is 5.73 Å². The normalized spacial score (nSPS) is 12.6. The summed E-state index contributed by atoms with van der Waals surface area (Å²) in [6.45, 7) is 0.340. The summed E-state index contributed by atoms with van der Waals surface area (Å²) in [6.07, 6.45) is 1.41. The summed E-state index contributed by atoms with van der Waals surface area (Å²) in [4.78, 5) is 3.98. The molecule has 0 spiro atoms. The SMILES string of the molecule is NCC(Sc1ncn[nH]1)c1ccccc1F. The van der Waals surface area contributed by atoms with Crippen LogP contribution in [0.15, 0.2) is 35.7 Å². The predicted octanol–water partition coefficient (Wildman–Crippen LogP) is 1.74. The third-order valence-corrected chi connectivity index (χ3v) is 3.26. The van der Waals surface area contributed by atoms with Crippen molar-refractivity contribution in [3.05, 3.63) is 42.0 Å². The summed E-state index contributed by atoms with van der Waals surface area (Å²) < 4.78 is 13.5. The molecule has 0 fully saturated rings. The van der Waals surface area contributed by atoms with Gasteiger partial charge in [-0.3, -0.25) is 5.10 Å². The minimum absolute atomic E-state index is 0.158. The molecule has 2 rings (SSSR count). The van der Waals surface area contributed by atoms with Crippen molar-refractivity contribution in [1.82, 2.24) is 15.2 Å². The molecule has 1 unspecified atom stereocenters. The van der Waals surface area contributed by atoms with Gasteiger partial charge in [-0.05, 0) is 6.07 Å². The Labute approximate surface area is 96.5 Å². The zero-order chi connectivity index (χ0) is 11.4. The number of thioether (sulfide) groups is 1. The molecule has 0 radical (unpaired) electrons. The summed E-state index contributed by atoms with van der Waals surface area (Å²) in [5.74, 6) is -0.245. The van der Waals surface area contributed by atoms with E-state index in [2.05, 4.69) is 15.2 Å². The van der Waals surface area contributed by atoms with Gasteiger partial charge in [0.25, 0.3) is 0 Å². The van der Waals surface area contributed by atoms with E-state index in [1.807, 2.05) is 0 Å². The lowest BCUT2D eigenvalue weighted by Gasteiger charge is -2.13. The third-order valence-electron chi connectivity index (χ3n) is 2.11. The Kier molecular flexibility index (Phi) is 3.53. The van der Waals surface area contributed by atoms with Crippen molar-refractivity contribution in [2.24, 2.45) is 5.73 Å². The lowest BCUT2D eigenvalue weighted by atomic mass is 10.1. The van der Waals surface area contributed by atoms with Gasteiger partial charge in [0.2, 0.25) is 0 Å². The maximum atomic E-state index is 13.5. The number of nitrogens with zero attached hydrogens (tertiary/aromatic N) is 2. The van der Waals surface area contributed by atoms with E-state index in [0.717, 1.165) is 0 Å². The zero-order valence-electron chi connectivity index (χ0n) is 8.43. The van der Waals surface area contributed by atoms with Gasteiger partial charge in [0, 0.05) is 12.1 Å². The number of hydrogen-bond acceptors (Lipinski definition) is 4. The summed E-state index contributed by atoms with van der Waals surface area (Å²) in [7, 11) is 0. The Morgan fingerprint density at radius 2 is 2.25 bits per heavy atom. The van der Waals surface area contributed by atoms with Gasteiger partial charge in [-0.15, -0.1) is 0 Å². The number of aromatic nitrogens is 3. The van der Waals surface area contributed by atoms with Crippen molar-refractivity contribution in [2.45, 2.75) is 10.4 Å². The molecule has 1 heterocycles. The second-order valence-electron chi connectivity index (χ2n) is 3.15. The summed E-state index contributed by atoms with van der Waals surface area (Å²) in [6, 6.07) is 6.61. The van der Waals surface area contributed by atoms with Crippen LogP contribution in [0.4, 0.5) is 4.39 Å². The second kappa shape index (κ2) is 5.09. The molecule has 3 N–H and O–H groups in total. The van der Waals surface area contributed by atoms with Crippen molar-refractivity contribution in [1.29, 1.82) is 0 Å². The maximum absolute atomic E-state index is 13.5. The van der Waals surface area contributed by atoms with Gasteiger partial charge in [-0.2, -0.15) is 5.10 Å². The van der Waals surface area contributed by atoms with Crippen molar-refractivity contribution in [3.8, 4) is 0 Å². The van der Waals surface area contributed by atoms with E-state index >= 15 is 0 Å². The molecule has 0 aliphatic rings. The van der Waals surface area contributed by atoms with Gasteiger partial charge in [0.05, 0.1) is 5.25 Å². The minimum Gasteiger partial charge on any atom is -0.329 e. The molecule has 0 aliphatic carbocycles. The van der Waals surface area contributed by atoms with Crippen molar-refractivity contribution in [2.75, 3.05) is 6.54 Å². The van der Waals surface area contributed by atoms with E-state index in [0.29, 0.717) is 17.3 Å². The molecular weight excluding hydrogens is 227 g/mol. The number of rotatable bonds is 4. The molecule has 1 aromatic heterocycles. The van der Waals surface area contributed by atoms with Gasteiger partial charge in [0.1, 0.15) is 12.1 Å². The smallest absolute Gasteiger partial charge is 0.184 e. The van der Waals surface area contributed by atoms with Crippen molar-refractivity contribution >= 4 is 11.8 Å². The number of benzene rings is 1. The van der Waals surface area contributed by atoms with Gasteiger partial charge in [-0.25, -0.2) is 9.37 Å². The molecule has 6 heteroatoms. The predicted molar refractivity (Wildman–Crippen MR) is 60.4 cm³/mol. The maximum Gasteiger partial charge on any atom is 0.184 e. The Morgan fingerprint density at radius 3 is 2.88 bits per heavy atom. The fourth-order valence-electron chi connectivity index (χ4n) is 1.36. The average Bonchev–Trinajstić information content (AvgIpc) is 2.80. The highest BCUT2D eigenvalue weighted by atomic mass is 32.2. The van der Waals surface area contributed by atoms with Gasteiger partial charge in [0.15, 0.2) is 5.16 Å². The molecular formula is C10H11FN4S. The Bertz CT molecular complexity index is 446. The lowest BCUT2D eigenvalue weighted by molar-refractivity contribution is 0.608. The number of halogens is 1. The highest BCUT2D eigenvalue weighted by molar-refractivity contribution is 7.99. The van der Waals surface area contributed by atoms with Crippen LogP contribution in [0.25, 0.3) is 0 Å². The molecule has 1 atom stereocenters. The quantitative estimate of drug-likeness (QED) is 0.796. The van der Waals surface area contributed by atoms with Crippen LogP contribution in [0.5, 0.6) is 0 Å². The minimum atomic E-state index is -0.245. The Hall–Kier alpha value is -1.40. The highest BCUT2D eigenvalue weighted by Gasteiger charge is 2.16. The Balaban J connectivity index is 2.20. The number of H-pyrrole nitrogens is 1. The molecule has 0 amide bonds. The standard InChI is InChI=1S/C10H11FN4S/c11-8-4-2-1-3-7(8)9(5-12)16-10-13-6-14-15-10/h1-4,6,9H,5,12H2,(H,13,14,15). The van der Waals surface area contributed by atoms with Gasteiger partial charge in [-0.1, -0.05) is 30.0 Å². The average molecular weight is 238 g/mol. The molecule has 0 bridgehead atoms. The number of nitrogens with two attached hydrogens (primary N) is 1. The van der Waals surface area contributed by atoms with Crippen LogP contribution < -0.4 is 5.73 Å². The van der Waals surface area contributed by atoms with Crippen LogP contribution in [0.3, 0.4) is 0 Å².